The highest BCUT2D eigenvalue weighted by Gasteiger charge is 2.12. The second kappa shape index (κ2) is 8.64. The molecular weight excluding hydrogens is 368 g/mol. The summed E-state index contributed by atoms with van der Waals surface area (Å²) in [4.78, 5) is 25.7. The van der Waals surface area contributed by atoms with Crippen molar-refractivity contribution in [3.63, 3.8) is 0 Å². The summed E-state index contributed by atoms with van der Waals surface area (Å²) in [6, 6.07) is 15.1. The lowest BCUT2D eigenvalue weighted by atomic mass is 10.1. The highest BCUT2D eigenvalue weighted by Crippen LogP contribution is 2.16. The average molecular weight is 389 g/mol. The Morgan fingerprint density at radius 1 is 1.04 bits per heavy atom. The van der Waals surface area contributed by atoms with E-state index >= 15 is 0 Å². The molecule has 0 saturated heterocycles. The topological polar surface area (TPSA) is 49.4 Å². The molecule has 4 nitrogen and oxygen atoms in total. The van der Waals surface area contributed by atoms with Gasteiger partial charge in [0.15, 0.2) is 0 Å². The second-order valence-corrected chi connectivity index (χ2v) is 6.37. The summed E-state index contributed by atoms with van der Waals surface area (Å²) < 4.78 is 0.928. The molecule has 0 spiro atoms. The monoisotopic (exact) mass is 388 g/mol. The number of rotatable bonds is 6. The van der Waals surface area contributed by atoms with Crippen LogP contribution >= 0.6 is 15.9 Å². The largest absolute Gasteiger partial charge is 0.350 e. The summed E-state index contributed by atoms with van der Waals surface area (Å²) in [7, 11) is 0. The van der Waals surface area contributed by atoms with Crippen LogP contribution in [-0.4, -0.2) is 24.9 Å². The number of nitrogens with zero attached hydrogens (tertiary/aromatic N) is 1. The van der Waals surface area contributed by atoms with Gasteiger partial charge in [0.1, 0.15) is 0 Å². The zero-order chi connectivity index (χ0) is 17.5. The predicted octanol–water partition coefficient (Wildman–Crippen LogP) is 3.79. The van der Waals surface area contributed by atoms with Crippen LogP contribution in [0.15, 0.2) is 53.0 Å². The fraction of sp³-hybridized carbons (Fsp3) is 0.263. The van der Waals surface area contributed by atoms with E-state index in [-0.39, 0.29) is 11.8 Å². The van der Waals surface area contributed by atoms with Gasteiger partial charge in [-0.1, -0.05) is 35.0 Å². The van der Waals surface area contributed by atoms with E-state index in [1.165, 1.54) is 12.5 Å². The molecule has 1 N–H and O–H groups in total. The molecule has 2 amide bonds. The van der Waals surface area contributed by atoms with Crippen molar-refractivity contribution in [1.82, 2.24) is 5.32 Å². The van der Waals surface area contributed by atoms with E-state index in [0.717, 1.165) is 16.6 Å². The maximum Gasteiger partial charge on any atom is 0.251 e. The number of hydrogen-bond donors (Lipinski definition) is 1. The zero-order valence-electron chi connectivity index (χ0n) is 13.9. The number of halogens is 1. The van der Waals surface area contributed by atoms with E-state index in [1.54, 1.807) is 17.0 Å². The average Bonchev–Trinajstić information content (AvgIpc) is 2.59. The van der Waals surface area contributed by atoms with Crippen LogP contribution < -0.4 is 10.2 Å². The van der Waals surface area contributed by atoms with Crippen LogP contribution in [0.2, 0.25) is 0 Å². The van der Waals surface area contributed by atoms with Gasteiger partial charge >= 0.3 is 0 Å². The number of benzene rings is 2. The Morgan fingerprint density at radius 2 is 1.67 bits per heavy atom. The minimum absolute atomic E-state index is 0.0443. The number of anilines is 1. The van der Waals surface area contributed by atoms with Crippen molar-refractivity contribution in [2.24, 2.45) is 0 Å². The molecule has 2 aromatic rings. The Kier molecular flexibility index (Phi) is 6.55. The molecule has 0 aliphatic carbocycles. The van der Waals surface area contributed by atoms with Crippen molar-refractivity contribution in [2.75, 3.05) is 18.0 Å². The molecule has 0 saturated carbocycles. The van der Waals surface area contributed by atoms with Crippen LogP contribution in [0.25, 0.3) is 0 Å². The lowest BCUT2D eigenvalue weighted by Gasteiger charge is -2.21. The maximum atomic E-state index is 12.1. The predicted molar refractivity (Wildman–Crippen MR) is 100 cm³/mol. The molecule has 5 heteroatoms. The molecule has 0 radical (unpaired) electrons. The normalized spacial score (nSPS) is 10.3. The zero-order valence-corrected chi connectivity index (χ0v) is 15.5. The number of hydrogen-bond acceptors (Lipinski definition) is 2. The van der Waals surface area contributed by atoms with E-state index in [9.17, 15) is 9.59 Å². The molecule has 0 heterocycles. The van der Waals surface area contributed by atoms with E-state index < -0.39 is 0 Å². The molecule has 0 aromatic heterocycles. The smallest absolute Gasteiger partial charge is 0.251 e. The minimum atomic E-state index is -0.146. The Hall–Kier alpha value is -2.14. The lowest BCUT2D eigenvalue weighted by molar-refractivity contribution is -0.116. The van der Waals surface area contributed by atoms with Gasteiger partial charge < -0.3 is 10.2 Å². The van der Waals surface area contributed by atoms with Crippen molar-refractivity contribution >= 4 is 33.4 Å². The Bertz CT molecular complexity index is 696. The number of carbonyl (C=O) groups is 2. The first-order chi connectivity index (χ1) is 11.5. The van der Waals surface area contributed by atoms with Crippen molar-refractivity contribution in [3.8, 4) is 0 Å². The molecule has 0 fully saturated rings. The van der Waals surface area contributed by atoms with Crippen LogP contribution in [0.3, 0.4) is 0 Å². The minimum Gasteiger partial charge on any atom is -0.350 e. The van der Waals surface area contributed by atoms with Gasteiger partial charge in [-0.25, -0.2) is 0 Å². The summed E-state index contributed by atoms with van der Waals surface area (Å²) in [6.45, 7) is 4.45. The highest BCUT2D eigenvalue weighted by atomic mass is 79.9. The van der Waals surface area contributed by atoms with E-state index in [2.05, 4.69) is 28.2 Å². The Balaban J connectivity index is 1.95. The standard InChI is InChI=1S/C19H21BrN2O2/c1-3-15-4-10-18(11-5-15)22(14(2)23)13-12-21-19(24)16-6-8-17(20)9-7-16/h4-11H,3,12-13H2,1-2H3,(H,21,24). The summed E-state index contributed by atoms with van der Waals surface area (Å²) in [5, 5.41) is 2.85. The van der Waals surface area contributed by atoms with E-state index in [1.807, 2.05) is 36.4 Å². The van der Waals surface area contributed by atoms with E-state index in [0.29, 0.717) is 18.7 Å². The van der Waals surface area contributed by atoms with Gasteiger partial charge in [-0.05, 0) is 48.4 Å². The quantitative estimate of drug-likeness (QED) is 0.817. The van der Waals surface area contributed by atoms with Crippen LogP contribution in [0.1, 0.15) is 29.8 Å². The molecule has 126 valence electrons. The first-order valence-corrected chi connectivity index (χ1v) is 8.71. The highest BCUT2D eigenvalue weighted by molar-refractivity contribution is 9.10. The number of amides is 2. The first-order valence-electron chi connectivity index (χ1n) is 7.92. The molecule has 0 unspecified atom stereocenters. The third kappa shape index (κ3) is 4.93. The van der Waals surface area contributed by atoms with Gasteiger partial charge in [-0.2, -0.15) is 0 Å². The summed E-state index contributed by atoms with van der Waals surface area (Å²) >= 11 is 3.34. The van der Waals surface area contributed by atoms with Crippen LogP contribution in [0, 0.1) is 0 Å². The Morgan fingerprint density at radius 3 is 2.21 bits per heavy atom. The van der Waals surface area contributed by atoms with Gasteiger partial charge in [0.05, 0.1) is 0 Å². The number of nitrogens with one attached hydrogen (secondary N) is 1. The van der Waals surface area contributed by atoms with Crippen molar-refractivity contribution in [1.29, 1.82) is 0 Å². The summed E-state index contributed by atoms with van der Waals surface area (Å²) in [6.07, 6.45) is 0.962. The molecule has 2 rings (SSSR count). The molecule has 2 aromatic carbocycles. The first kappa shape index (κ1) is 18.2. The second-order valence-electron chi connectivity index (χ2n) is 5.45. The number of carbonyl (C=O) groups excluding carboxylic acids is 2. The van der Waals surface area contributed by atoms with Gasteiger partial charge in [0.2, 0.25) is 5.91 Å². The summed E-state index contributed by atoms with van der Waals surface area (Å²) in [5.74, 6) is -0.190. The number of aryl methyl sites for hydroxylation is 1. The lowest BCUT2D eigenvalue weighted by Crippen LogP contribution is -2.37. The maximum absolute atomic E-state index is 12.1. The van der Waals surface area contributed by atoms with Crippen molar-refractivity contribution in [3.05, 3.63) is 64.1 Å². The SMILES string of the molecule is CCc1ccc(N(CCNC(=O)c2ccc(Br)cc2)C(C)=O)cc1. The van der Waals surface area contributed by atoms with Crippen LogP contribution in [-0.2, 0) is 11.2 Å². The van der Waals surface area contributed by atoms with Crippen molar-refractivity contribution in [2.45, 2.75) is 20.3 Å². The van der Waals surface area contributed by atoms with Crippen molar-refractivity contribution < 1.29 is 9.59 Å². The van der Waals surface area contributed by atoms with E-state index in [4.69, 9.17) is 0 Å². The van der Waals surface area contributed by atoms with Gasteiger partial charge in [-0.3, -0.25) is 9.59 Å². The fourth-order valence-electron chi connectivity index (χ4n) is 2.36. The van der Waals surface area contributed by atoms with Gasteiger partial charge in [0.25, 0.3) is 5.91 Å². The van der Waals surface area contributed by atoms with Gasteiger partial charge in [-0.15, -0.1) is 0 Å². The molecule has 24 heavy (non-hydrogen) atoms. The third-order valence-electron chi connectivity index (χ3n) is 3.76. The fourth-order valence-corrected chi connectivity index (χ4v) is 2.63. The molecule has 0 aliphatic heterocycles. The third-order valence-corrected chi connectivity index (χ3v) is 4.29. The molecule has 0 aliphatic rings. The molecule has 0 atom stereocenters. The molecule has 0 bridgehead atoms. The van der Waals surface area contributed by atoms with Crippen LogP contribution in [0.5, 0.6) is 0 Å². The summed E-state index contributed by atoms with van der Waals surface area (Å²) in [5.41, 5.74) is 2.67. The molecular formula is C19H21BrN2O2. The Labute approximate surface area is 151 Å². The van der Waals surface area contributed by atoms with Gasteiger partial charge in [0, 0.05) is 35.7 Å². The van der Waals surface area contributed by atoms with Crippen LogP contribution in [0.4, 0.5) is 5.69 Å².